The second kappa shape index (κ2) is 9.89. The van der Waals surface area contributed by atoms with E-state index in [9.17, 15) is 5.11 Å². The molecule has 0 spiro atoms. The van der Waals surface area contributed by atoms with Crippen molar-refractivity contribution in [1.82, 2.24) is 0 Å². The molecule has 2 atom stereocenters. The van der Waals surface area contributed by atoms with Gasteiger partial charge in [-0.15, -0.1) is 0 Å². The summed E-state index contributed by atoms with van der Waals surface area (Å²) in [6.45, 7) is 4.02. The van der Waals surface area contributed by atoms with Crippen molar-refractivity contribution in [3.63, 3.8) is 0 Å². The third-order valence-corrected chi connectivity index (χ3v) is 5.61. The number of hydrogen-bond donors (Lipinski definition) is 1. The molecule has 2 heteroatoms. The standard InChI is InChI=1S/C24H32O2/c1-19-5-4-7-20(15-19)6-2-3-14-26-18-21-8-11-23(12-9-21)24-13-10-22(16-24)17-25/h4-5,7-9,11-12,15,22,24-25H,2-3,6,10,13-14,16-18H2,1H3. The maximum Gasteiger partial charge on any atom is 0.0716 e. The summed E-state index contributed by atoms with van der Waals surface area (Å²) in [7, 11) is 0. The minimum atomic E-state index is 0.340. The van der Waals surface area contributed by atoms with E-state index in [0.717, 1.165) is 32.3 Å². The van der Waals surface area contributed by atoms with E-state index < -0.39 is 0 Å². The van der Waals surface area contributed by atoms with E-state index in [0.29, 0.717) is 25.0 Å². The Balaban J connectivity index is 1.32. The predicted molar refractivity (Wildman–Crippen MR) is 107 cm³/mol. The highest BCUT2D eigenvalue weighted by molar-refractivity contribution is 5.26. The van der Waals surface area contributed by atoms with Crippen LogP contribution in [0.5, 0.6) is 0 Å². The summed E-state index contributed by atoms with van der Waals surface area (Å²) in [6, 6.07) is 17.7. The van der Waals surface area contributed by atoms with Gasteiger partial charge in [0.15, 0.2) is 0 Å². The van der Waals surface area contributed by atoms with Crippen LogP contribution >= 0.6 is 0 Å². The lowest BCUT2D eigenvalue weighted by atomic mass is 9.95. The van der Waals surface area contributed by atoms with Crippen LogP contribution in [-0.4, -0.2) is 18.3 Å². The molecule has 1 aliphatic carbocycles. The van der Waals surface area contributed by atoms with Gasteiger partial charge in [-0.1, -0.05) is 54.1 Å². The van der Waals surface area contributed by atoms with Gasteiger partial charge in [-0.25, -0.2) is 0 Å². The zero-order chi connectivity index (χ0) is 18.2. The molecule has 0 radical (unpaired) electrons. The van der Waals surface area contributed by atoms with E-state index in [4.69, 9.17) is 4.74 Å². The van der Waals surface area contributed by atoms with Gasteiger partial charge in [-0.05, 0) is 74.0 Å². The summed E-state index contributed by atoms with van der Waals surface area (Å²) in [4.78, 5) is 0. The highest BCUT2D eigenvalue weighted by Crippen LogP contribution is 2.37. The van der Waals surface area contributed by atoms with Crippen molar-refractivity contribution >= 4 is 0 Å². The molecule has 0 saturated heterocycles. The minimum Gasteiger partial charge on any atom is -0.396 e. The zero-order valence-corrected chi connectivity index (χ0v) is 16.0. The summed E-state index contributed by atoms with van der Waals surface area (Å²) in [5.41, 5.74) is 5.44. The van der Waals surface area contributed by atoms with Crippen LogP contribution in [0.3, 0.4) is 0 Å². The van der Waals surface area contributed by atoms with Crippen LogP contribution in [0.4, 0.5) is 0 Å². The van der Waals surface area contributed by atoms with Gasteiger partial charge in [-0.2, -0.15) is 0 Å². The van der Waals surface area contributed by atoms with Crippen LogP contribution < -0.4 is 0 Å². The highest BCUT2D eigenvalue weighted by Gasteiger charge is 2.24. The van der Waals surface area contributed by atoms with Crippen molar-refractivity contribution in [1.29, 1.82) is 0 Å². The molecule has 1 fully saturated rings. The first-order valence-electron chi connectivity index (χ1n) is 10.1. The lowest BCUT2D eigenvalue weighted by Gasteiger charge is -2.11. The Morgan fingerprint density at radius 3 is 2.58 bits per heavy atom. The predicted octanol–water partition coefficient (Wildman–Crippen LogP) is 5.41. The van der Waals surface area contributed by atoms with E-state index in [2.05, 4.69) is 55.5 Å². The Bertz CT molecular complexity index is 662. The van der Waals surface area contributed by atoms with Crippen LogP contribution in [0.15, 0.2) is 48.5 Å². The van der Waals surface area contributed by atoms with Crippen molar-refractivity contribution in [2.75, 3.05) is 13.2 Å². The zero-order valence-electron chi connectivity index (χ0n) is 16.0. The fourth-order valence-electron chi connectivity index (χ4n) is 4.02. The van der Waals surface area contributed by atoms with Gasteiger partial charge in [-0.3, -0.25) is 0 Å². The molecule has 2 aromatic carbocycles. The van der Waals surface area contributed by atoms with Gasteiger partial charge in [0.25, 0.3) is 0 Å². The summed E-state index contributed by atoms with van der Waals surface area (Å²) in [5.74, 6) is 1.13. The molecular formula is C24H32O2. The minimum absolute atomic E-state index is 0.340. The quantitative estimate of drug-likeness (QED) is 0.611. The molecule has 140 valence electrons. The van der Waals surface area contributed by atoms with Crippen molar-refractivity contribution in [2.24, 2.45) is 5.92 Å². The molecule has 0 heterocycles. The van der Waals surface area contributed by atoms with E-state index in [1.165, 1.54) is 35.1 Å². The molecule has 1 aliphatic rings. The molecule has 26 heavy (non-hydrogen) atoms. The molecule has 1 saturated carbocycles. The van der Waals surface area contributed by atoms with E-state index in [1.807, 2.05) is 0 Å². The van der Waals surface area contributed by atoms with Gasteiger partial charge < -0.3 is 9.84 Å². The average molecular weight is 353 g/mol. The maximum atomic E-state index is 9.29. The van der Waals surface area contributed by atoms with Gasteiger partial charge in [0.05, 0.1) is 6.61 Å². The van der Waals surface area contributed by atoms with E-state index in [1.54, 1.807) is 0 Å². The molecule has 0 bridgehead atoms. The summed E-state index contributed by atoms with van der Waals surface area (Å²) < 4.78 is 5.85. The van der Waals surface area contributed by atoms with Crippen molar-refractivity contribution in [3.05, 3.63) is 70.8 Å². The normalized spacial score (nSPS) is 19.8. The third-order valence-electron chi connectivity index (χ3n) is 5.61. The fourth-order valence-corrected chi connectivity index (χ4v) is 4.02. The second-order valence-corrected chi connectivity index (χ2v) is 7.80. The lowest BCUT2D eigenvalue weighted by Crippen LogP contribution is -2.01. The smallest absolute Gasteiger partial charge is 0.0716 e. The number of aliphatic hydroxyl groups excluding tert-OH is 1. The Kier molecular flexibility index (Phi) is 7.28. The Hall–Kier alpha value is -1.64. The summed E-state index contributed by atoms with van der Waals surface area (Å²) >= 11 is 0. The Morgan fingerprint density at radius 2 is 1.85 bits per heavy atom. The SMILES string of the molecule is Cc1cccc(CCCCOCc2ccc(C3CCC(CO)C3)cc2)c1. The molecule has 2 unspecified atom stereocenters. The molecule has 2 nitrogen and oxygen atoms in total. The average Bonchev–Trinajstić information content (AvgIpc) is 3.14. The summed E-state index contributed by atoms with van der Waals surface area (Å²) in [6.07, 6.45) is 6.92. The molecule has 3 rings (SSSR count). The number of benzene rings is 2. The maximum absolute atomic E-state index is 9.29. The molecule has 2 aromatic rings. The number of hydrogen-bond acceptors (Lipinski definition) is 2. The fraction of sp³-hybridized carbons (Fsp3) is 0.500. The number of aryl methyl sites for hydroxylation is 2. The van der Waals surface area contributed by atoms with Crippen LogP contribution in [0, 0.1) is 12.8 Å². The Labute approximate surface area is 158 Å². The van der Waals surface area contributed by atoms with Crippen LogP contribution in [-0.2, 0) is 17.8 Å². The van der Waals surface area contributed by atoms with Crippen molar-refractivity contribution in [3.8, 4) is 0 Å². The van der Waals surface area contributed by atoms with E-state index >= 15 is 0 Å². The number of unbranched alkanes of at least 4 members (excludes halogenated alkanes) is 1. The highest BCUT2D eigenvalue weighted by atomic mass is 16.5. The van der Waals surface area contributed by atoms with Gasteiger partial charge in [0.2, 0.25) is 0 Å². The first-order valence-corrected chi connectivity index (χ1v) is 10.1. The first-order chi connectivity index (χ1) is 12.7. The van der Waals surface area contributed by atoms with Crippen LogP contribution in [0.2, 0.25) is 0 Å². The van der Waals surface area contributed by atoms with E-state index in [-0.39, 0.29) is 0 Å². The van der Waals surface area contributed by atoms with Crippen LogP contribution in [0.25, 0.3) is 0 Å². The summed E-state index contributed by atoms with van der Waals surface area (Å²) in [5, 5.41) is 9.29. The number of ether oxygens (including phenoxy) is 1. The molecular weight excluding hydrogens is 320 g/mol. The van der Waals surface area contributed by atoms with Crippen molar-refractivity contribution in [2.45, 2.75) is 58.0 Å². The topological polar surface area (TPSA) is 29.5 Å². The number of aliphatic hydroxyl groups is 1. The van der Waals surface area contributed by atoms with Crippen LogP contribution in [0.1, 0.15) is 60.3 Å². The molecule has 1 N–H and O–H groups in total. The monoisotopic (exact) mass is 352 g/mol. The first kappa shape index (κ1) is 19.1. The van der Waals surface area contributed by atoms with Gasteiger partial charge >= 0.3 is 0 Å². The lowest BCUT2D eigenvalue weighted by molar-refractivity contribution is 0.117. The third kappa shape index (κ3) is 5.69. The van der Waals surface area contributed by atoms with Gasteiger partial charge in [0.1, 0.15) is 0 Å². The molecule has 0 amide bonds. The largest absolute Gasteiger partial charge is 0.396 e. The van der Waals surface area contributed by atoms with Gasteiger partial charge in [0, 0.05) is 13.2 Å². The Morgan fingerprint density at radius 1 is 1.00 bits per heavy atom. The number of rotatable bonds is 9. The van der Waals surface area contributed by atoms with Crippen molar-refractivity contribution < 1.29 is 9.84 Å². The molecule has 0 aliphatic heterocycles. The molecule has 0 aromatic heterocycles. The second-order valence-electron chi connectivity index (χ2n) is 7.80.